The molecule has 0 aliphatic heterocycles. The van der Waals surface area contributed by atoms with E-state index in [0.717, 1.165) is 16.5 Å². The van der Waals surface area contributed by atoms with Crippen molar-refractivity contribution in [1.29, 1.82) is 0 Å². The van der Waals surface area contributed by atoms with Crippen LogP contribution in [0.25, 0.3) is 22.2 Å². The highest BCUT2D eigenvalue weighted by Crippen LogP contribution is 2.24. The van der Waals surface area contributed by atoms with Gasteiger partial charge in [0.25, 0.3) is 0 Å². The average Bonchev–Trinajstić information content (AvgIpc) is 3.19. The molecule has 0 spiro atoms. The number of carboxylic acids is 1. The molecule has 3 aromatic rings. The summed E-state index contributed by atoms with van der Waals surface area (Å²) in [6.45, 7) is 1.53. The summed E-state index contributed by atoms with van der Waals surface area (Å²) in [6, 6.07) is 6.40. The fourth-order valence-corrected chi connectivity index (χ4v) is 2.22. The third-order valence-corrected chi connectivity index (χ3v) is 3.59. The summed E-state index contributed by atoms with van der Waals surface area (Å²) in [5.74, 6) is -1.42. The molecule has 1 atom stereocenters. The number of nitrogens with one attached hydrogen (secondary N) is 1. The Labute approximate surface area is 130 Å². The van der Waals surface area contributed by atoms with Crippen molar-refractivity contribution < 1.29 is 19.4 Å². The van der Waals surface area contributed by atoms with Gasteiger partial charge in [-0.3, -0.25) is 0 Å². The van der Waals surface area contributed by atoms with Crippen LogP contribution in [0.3, 0.4) is 0 Å². The van der Waals surface area contributed by atoms with E-state index in [1.54, 1.807) is 12.3 Å². The molecule has 8 heteroatoms. The van der Waals surface area contributed by atoms with Crippen molar-refractivity contribution in [2.45, 2.75) is 13.0 Å². The van der Waals surface area contributed by atoms with Gasteiger partial charge in [0.05, 0.1) is 13.3 Å². The molecule has 0 amide bonds. The number of carboxylic acid groups (broad SMARTS) is 1. The minimum atomic E-state index is -0.982. The van der Waals surface area contributed by atoms with Gasteiger partial charge in [-0.1, -0.05) is 17.3 Å². The van der Waals surface area contributed by atoms with Crippen molar-refractivity contribution in [2.24, 2.45) is 0 Å². The number of H-pyrrole nitrogens is 1. The van der Waals surface area contributed by atoms with Gasteiger partial charge in [-0.2, -0.15) is 0 Å². The summed E-state index contributed by atoms with van der Waals surface area (Å²) in [7, 11) is 1.32. The number of methoxy groups -OCH3 is 1. The molecule has 0 bridgehead atoms. The monoisotopic (exact) mass is 314 g/mol. The number of aromatic amines is 1. The Kier molecular flexibility index (Phi) is 3.57. The summed E-state index contributed by atoms with van der Waals surface area (Å²) < 4.78 is 5.97. The standard InChI is InChI=1S/C15H14N4O4/c1-8(14(20)21)19-7-13(17-18-19)10-4-3-9-6-12(15(22)23-2)16-11(9)5-10/h3-8,16H,1-2H3,(H,20,21)/t8-/m0/s1. The Morgan fingerprint density at radius 2 is 2.13 bits per heavy atom. The third kappa shape index (κ3) is 2.66. The van der Waals surface area contributed by atoms with Crippen molar-refractivity contribution in [3.63, 3.8) is 0 Å². The van der Waals surface area contributed by atoms with Crippen LogP contribution in [0.4, 0.5) is 0 Å². The number of carbonyl (C=O) groups excluding carboxylic acids is 1. The van der Waals surface area contributed by atoms with Crippen LogP contribution < -0.4 is 0 Å². The number of fused-ring (bicyclic) bond motifs is 1. The predicted molar refractivity (Wildman–Crippen MR) is 81.0 cm³/mol. The fourth-order valence-electron chi connectivity index (χ4n) is 2.22. The highest BCUT2D eigenvalue weighted by Gasteiger charge is 2.16. The number of aliphatic carboxylic acids is 1. The third-order valence-electron chi connectivity index (χ3n) is 3.59. The SMILES string of the molecule is COC(=O)c1cc2ccc(-c3cn([C@@H](C)C(=O)O)nn3)cc2[nH]1. The van der Waals surface area contributed by atoms with Crippen LogP contribution in [-0.2, 0) is 9.53 Å². The number of nitrogens with zero attached hydrogens (tertiary/aromatic N) is 3. The number of ether oxygens (including phenoxy) is 1. The second-order valence-corrected chi connectivity index (χ2v) is 5.07. The highest BCUT2D eigenvalue weighted by molar-refractivity contribution is 5.95. The van der Waals surface area contributed by atoms with Crippen molar-refractivity contribution >= 4 is 22.8 Å². The van der Waals surface area contributed by atoms with Gasteiger partial charge < -0.3 is 14.8 Å². The number of aromatic nitrogens is 4. The maximum absolute atomic E-state index is 11.5. The van der Waals surface area contributed by atoms with Crippen LogP contribution in [0, 0.1) is 0 Å². The molecular weight excluding hydrogens is 300 g/mol. The van der Waals surface area contributed by atoms with E-state index in [0.29, 0.717) is 11.4 Å². The number of carbonyl (C=O) groups is 2. The molecular formula is C15H14N4O4. The highest BCUT2D eigenvalue weighted by atomic mass is 16.5. The Bertz CT molecular complexity index is 896. The van der Waals surface area contributed by atoms with Crippen molar-refractivity contribution in [2.75, 3.05) is 7.11 Å². The van der Waals surface area contributed by atoms with Crippen molar-refractivity contribution in [3.8, 4) is 11.3 Å². The minimum Gasteiger partial charge on any atom is -0.480 e. The first kappa shape index (κ1) is 14.8. The Hall–Kier alpha value is -3.16. The maximum atomic E-state index is 11.5. The van der Waals surface area contributed by atoms with Crippen LogP contribution in [0.2, 0.25) is 0 Å². The second-order valence-electron chi connectivity index (χ2n) is 5.07. The van der Waals surface area contributed by atoms with E-state index in [1.807, 2.05) is 18.2 Å². The zero-order chi connectivity index (χ0) is 16.6. The van der Waals surface area contributed by atoms with Gasteiger partial charge in [-0.15, -0.1) is 5.10 Å². The van der Waals surface area contributed by atoms with Gasteiger partial charge in [0, 0.05) is 16.5 Å². The van der Waals surface area contributed by atoms with E-state index in [9.17, 15) is 9.59 Å². The molecule has 0 radical (unpaired) electrons. The Morgan fingerprint density at radius 1 is 1.35 bits per heavy atom. The van der Waals surface area contributed by atoms with E-state index in [1.165, 1.54) is 18.7 Å². The quantitative estimate of drug-likeness (QED) is 0.711. The average molecular weight is 314 g/mol. The molecule has 3 rings (SSSR count). The first-order valence-corrected chi connectivity index (χ1v) is 6.85. The normalized spacial score (nSPS) is 12.3. The summed E-state index contributed by atoms with van der Waals surface area (Å²) in [5.41, 5.74) is 2.43. The molecule has 0 aliphatic rings. The fraction of sp³-hybridized carbons (Fsp3) is 0.200. The van der Waals surface area contributed by atoms with Gasteiger partial charge in [0.1, 0.15) is 17.4 Å². The Balaban J connectivity index is 1.97. The molecule has 0 saturated heterocycles. The van der Waals surface area contributed by atoms with E-state index >= 15 is 0 Å². The second kappa shape index (κ2) is 5.56. The van der Waals surface area contributed by atoms with Crippen molar-refractivity contribution in [1.82, 2.24) is 20.0 Å². The molecule has 23 heavy (non-hydrogen) atoms. The van der Waals surface area contributed by atoms with Crippen LogP contribution in [0.1, 0.15) is 23.5 Å². The van der Waals surface area contributed by atoms with E-state index < -0.39 is 18.0 Å². The zero-order valence-electron chi connectivity index (χ0n) is 12.5. The smallest absolute Gasteiger partial charge is 0.354 e. The minimum absolute atomic E-state index is 0.364. The number of hydrogen-bond acceptors (Lipinski definition) is 5. The number of hydrogen-bond donors (Lipinski definition) is 2. The lowest BCUT2D eigenvalue weighted by Crippen LogP contribution is -2.15. The first-order valence-electron chi connectivity index (χ1n) is 6.85. The van der Waals surface area contributed by atoms with E-state index in [2.05, 4.69) is 20.0 Å². The molecule has 2 heterocycles. The van der Waals surface area contributed by atoms with E-state index in [-0.39, 0.29) is 0 Å². The summed E-state index contributed by atoms with van der Waals surface area (Å²) in [6.07, 6.45) is 1.57. The van der Waals surface area contributed by atoms with Crippen LogP contribution in [-0.4, -0.2) is 44.1 Å². The molecule has 0 unspecified atom stereocenters. The summed E-state index contributed by atoms with van der Waals surface area (Å²) >= 11 is 0. The van der Waals surface area contributed by atoms with Gasteiger partial charge in [-0.05, 0) is 19.1 Å². The van der Waals surface area contributed by atoms with Gasteiger partial charge in [-0.25, -0.2) is 14.3 Å². The number of benzene rings is 1. The summed E-state index contributed by atoms with van der Waals surface area (Å²) in [4.78, 5) is 25.5. The van der Waals surface area contributed by atoms with Gasteiger partial charge >= 0.3 is 11.9 Å². The maximum Gasteiger partial charge on any atom is 0.354 e. The molecule has 0 aliphatic carbocycles. The van der Waals surface area contributed by atoms with Crippen molar-refractivity contribution in [3.05, 3.63) is 36.2 Å². The lowest BCUT2D eigenvalue weighted by molar-refractivity contribution is -0.140. The van der Waals surface area contributed by atoms with Crippen LogP contribution >= 0.6 is 0 Å². The van der Waals surface area contributed by atoms with Gasteiger partial charge in [0.15, 0.2) is 0 Å². The summed E-state index contributed by atoms with van der Waals surface area (Å²) in [5, 5.41) is 17.7. The molecule has 1 aromatic carbocycles. The first-order chi connectivity index (χ1) is 11.0. The molecule has 2 N–H and O–H groups in total. The predicted octanol–water partition coefficient (Wildman–Crippen LogP) is 1.86. The molecule has 0 fully saturated rings. The molecule has 0 saturated carbocycles. The number of esters is 1. The van der Waals surface area contributed by atoms with E-state index in [4.69, 9.17) is 5.11 Å². The number of rotatable bonds is 4. The molecule has 2 aromatic heterocycles. The van der Waals surface area contributed by atoms with Gasteiger partial charge in [0.2, 0.25) is 0 Å². The van der Waals surface area contributed by atoms with Crippen LogP contribution in [0.15, 0.2) is 30.5 Å². The lowest BCUT2D eigenvalue weighted by atomic mass is 10.1. The molecule has 8 nitrogen and oxygen atoms in total. The Morgan fingerprint density at radius 3 is 2.83 bits per heavy atom. The largest absolute Gasteiger partial charge is 0.480 e. The molecule has 118 valence electrons. The lowest BCUT2D eigenvalue weighted by Gasteiger charge is -2.03. The topological polar surface area (TPSA) is 110 Å². The van der Waals surface area contributed by atoms with Crippen LogP contribution in [0.5, 0.6) is 0 Å². The zero-order valence-corrected chi connectivity index (χ0v) is 12.5.